The quantitative estimate of drug-likeness (QED) is 0.745. The minimum Gasteiger partial charge on any atom is -0.291 e. The first kappa shape index (κ1) is 10.8. The number of benzene rings is 1. The van der Waals surface area contributed by atoms with Gasteiger partial charge in [-0.2, -0.15) is 0 Å². The normalized spacial score (nSPS) is 10.8. The summed E-state index contributed by atoms with van der Waals surface area (Å²) in [5.41, 5.74) is 5.52. The summed E-state index contributed by atoms with van der Waals surface area (Å²) in [4.78, 5) is 3.73. The molecule has 0 unspecified atom stereocenters. The van der Waals surface area contributed by atoms with Gasteiger partial charge in [-0.1, -0.05) is 18.2 Å². The Balaban J connectivity index is 2.10. The van der Waals surface area contributed by atoms with Gasteiger partial charge in [-0.25, -0.2) is 4.39 Å². The zero-order valence-electron chi connectivity index (χ0n) is 9.89. The average molecular weight is 241 g/mol. The summed E-state index contributed by atoms with van der Waals surface area (Å²) < 4.78 is 15.4. The SMILES string of the molecule is Cc1cc2ccccc2n1Nc1ccncc1F. The molecule has 0 amide bonds. The number of nitrogens with one attached hydrogen (secondary N) is 1. The Labute approximate surface area is 104 Å². The van der Waals surface area contributed by atoms with Crippen LogP contribution in [0.1, 0.15) is 5.69 Å². The van der Waals surface area contributed by atoms with Gasteiger partial charge in [0.05, 0.1) is 17.4 Å². The van der Waals surface area contributed by atoms with Crippen LogP contribution in [0.4, 0.5) is 10.1 Å². The third-order valence-electron chi connectivity index (χ3n) is 2.90. The van der Waals surface area contributed by atoms with Crippen LogP contribution in [0, 0.1) is 12.7 Å². The molecule has 90 valence electrons. The molecule has 0 atom stereocenters. The highest BCUT2D eigenvalue weighted by Gasteiger charge is 2.07. The second kappa shape index (κ2) is 4.14. The monoisotopic (exact) mass is 241 g/mol. The van der Waals surface area contributed by atoms with Gasteiger partial charge in [0, 0.05) is 17.3 Å². The van der Waals surface area contributed by atoms with Crippen LogP contribution in [-0.2, 0) is 0 Å². The van der Waals surface area contributed by atoms with E-state index < -0.39 is 0 Å². The summed E-state index contributed by atoms with van der Waals surface area (Å²) in [5.74, 6) is -0.366. The summed E-state index contributed by atoms with van der Waals surface area (Å²) in [5, 5.41) is 1.12. The number of pyridine rings is 1. The van der Waals surface area contributed by atoms with E-state index >= 15 is 0 Å². The number of anilines is 1. The maximum atomic E-state index is 13.6. The van der Waals surface area contributed by atoms with Gasteiger partial charge >= 0.3 is 0 Å². The third-order valence-corrected chi connectivity index (χ3v) is 2.90. The van der Waals surface area contributed by atoms with Crippen LogP contribution < -0.4 is 5.43 Å². The zero-order valence-corrected chi connectivity index (χ0v) is 9.89. The molecule has 4 heteroatoms. The number of nitrogens with zero attached hydrogens (tertiary/aromatic N) is 2. The number of hydrogen-bond acceptors (Lipinski definition) is 2. The van der Waals surface area contributed by atoms with Crippen molar-refractivity contribution in [2.75, 3.05) is 5.43 Å². The molecule has 0 aliphatic carbocycles. The summed E-state index contributed by atoms with van der Waals surface area (Å²) >= 11 is 0. The first-order valence-corrected chi connectivity index (χ1v) is 5.69. The number of fused-ring (bicyclic) bond motifs is 1. The Kier molecular flexibility index (Phi) is 2.48. The molecule has 0 saturated carbocycles. The molecule has 0 saturated heterocycles. The van der Waals surface area contributed by atoms with Crippen molar-refractivity contribution in [2.45, 2.75) is 6.92 Å². The van der Waals surface area contributed by atoms with E-state index in [1.807, 2.05) is 35.9 Å². The molecule has 3 aromatic rings. The lowest BCUT2D eigenvalue weighted by Gasteiger charge is -2.12. The second-order valence-electron chi connectivity index (χ2n) is 4.15. The van der Waals surface area contributed by atoms with E-state index in [-0.39, 0.29) is 5.82 Å². The minimum atomic E-state index is -0.366. The molecule has 0 aliphatic rings. The van der Waals surface area contributed by atoms with Crippen LogP contribution in [0.5, 0.6) is 0 Å². The van der Waals surface area contributed by atoms with Gasteiger partial charge in [0.25, 0.3) is 0 Å². The van der Waals surface area contributed by atoms with Crippen molar-refractivity contribution in [1.29, 1.82) is 0 Å². The standard InChI is InChI=1S/C14H12FN3/c1-10-8-11-4-2-3-5-14(11)18(10)17-13-6-7-16-9-12(13)15/h2-9H,1H3,(H,16,17). The van der Waals surface area contributed by atoms with Crippen molar-refractivity contribution in [2.24, 2.45) is 0 Å². The van der Waals surface area contributed by atoms with Crippen molar-refractivity contribution in [3.8, 4) is 0 Å². The number of aryl methyl sites for hydroxylation is 1. The summed E-state index contributed by atoms with van der Waals surface area (Å²) in [6, 6.07) is 11.6. The lowest BCUT2D eigenvalue weighted by atomic mass is 10.2. The van der Waals surface area contributed by atoms with Crippen molar-refractivity contribution in [1.82, 2.24) is 9.66 Å². The molecule has 3 nitrogen and oxygen atoms in total. The lowest BCUT2D eigenvalue weighted by molar-refractivity contribution is 0.622. The molecule has 18 heavy (non-hydrogen) atoms. The molecule has 1 N–H and O–H groups in total. The maximum absolute atomic E-state index is 13.6. The second-order valence-corrected chi connectivity index (χ2v) is 4.15. The Morgan fingerprint density at radius 3 is 2.89 bits per heavy atom. The smallest absolute Gasteiger partial charge is 0.166 e. The predicted octanol–water partition coefficient (Wildman–Crippen LogP) is 3.36. The van der Waals surface area contributed by atoms with Crippen LogP contribution >= 0.6 is 0 Å². The first-order valence-electron chi connectivity index (χ1n) is 5.69. The Morgan fingerprint density at radius 2 is 2.06 bits per heavy atom. The molecular weight excluding hydrogens is 229 g/mol. The Hall–Kier alpha value is -2.36. The minimum absolute atomic E-state index is 0.366. The third kappa shape index (κ3) is 1.72. The van der Waals surface area contributed by atoms with Crippen LogP contribution in [-0.4, -0.2) is 9.66 Å². The predicted molar refractivity (Wildman–Crippen MR) is 69.9 cm³/mol. The molecule has 2 heterocycles. The van der Waals surface area contributed by atoms with E-state index in [1.54, 1.807) is 12.3 Å². The van der Waals surface area contributed by atoms with Gasteiger partial charge in [0.1, 0.15) is 0 Å². The van der Waals surface area contributed by atoms with Crippen molar-refractivity contribution in [3.63, 3.8) is 0 Å². The molecule has 0 bridgehead atoms. The highest BCUT2D eigenvalue weighted by atomic mass is 19.1. The number of hydrogen-bond donors (Lipinski definition) is 1. The maximum Gasteiger partial charge on any atom is 0.166 e. The molecule has 0 spiro atoms. The fourth-order valence-electron chi connectivity index (χ4n) is 2.03. The van der Waals surface area contributed by atoms with Gasteiger partial charge in [-0.15, -0.1) is 0 Å². The lowest BCUT2D eigenvalue weighted by Crippen LogP contribution is -2.11. The van der Waals surface area contributed by atoms with Gasteiger partial charge in [0.15, 0.2) is 5.82 Å². The number of aromatic nitrogens is 2. The highest BCUT2D eigenvalue weighted by molar-refractivity contribution is 5.82. The first-order chi connectivity index (χ1) is 8.75. The summed E-state index contributed by atoms with van der Waals surface area (Å²) in [6.45, 7) is 1.98. The molecule has 0 radical (unpaired) electrons. The fourth-order valence-corrected chi connectivity index (χ4v) is 2.03. The number of rotatable bonds is 2. The number of halogens is 1. The van der Waals surface area contributed by atoms with Crippen LogP contribution in [0.2, 0.25) is 0 Å². The van der Waals surface area contributed by atoms with Gasteiger partial charge in [-0.05, 0) is 25.1 Å². The Morgan fingerprint density at radius 1 is 1.22 bits per heavy atom. The highest BCUT2D eigenvalue weighted by Crippen LogP contribution is 2.20. The number of para-hydroxylation sites is 1. The largest absolute Gasteiger partial charge is 0.291 e. The van der Waals surface area contributed by atoms with E-state index in [0.717, 1.165) is 16.6 Å². The summed E-state index contributed by atoms with van der Waals surface area (Å²) in [7, 11) is 0. The van der Waals surface area contributed by atoms with E-state index in [4.69, 9.17) is 0 Å². The van der Waals surface area contributed by atoms with E-state index in [0.29, 0.717) is 5.69 Å². The molecule has 1 aromatic carbocycles. The van der Waals surface area contributed by atoms with E-state index in [2.05, 4.69) is 16.5 Å². The van der Waals surface area contributed by atoms with Crippen LogP contribution in [0.25, 0.3) is 10.9 Å². The molecule has 0 aliphatic heterocycles. The molecule has 0 fully saturated rings. The topological polar surface area (TPSA) is 29.9 Å². The van der Waals surface area contributed by atoms with Gasteiger partial charge < -0.3 is 0 Å². The van der Waals surface area contributed by atoms with Crippen molar-refractivity contribution in [3.05, 3.63) is 60.3 Å². The molecule has 2 aromatic heterocycles. The van der Waals surface area contributed by atoms with E-state index in [9.17, 15) is 4.39 Å². The molecule has 3 rings (SSSR count). The van der Waals surface area contributed by atoms with Crippen molar-refractivity contribution < 1.29 is 4.39 Å². The van der Waals surface area contributed by atoms with Crippen LogP contribution in [0.3, 0.4) is 0 Å². The molecular formula is C14H12FN3. The van der Waals surface area contributed by atoms with Gasteiger partial charge in [0.2, 0.25) is 0 Å². The average Bonchev–Trinajstić information content (AvgIpc) is 2.69. The zero-order chi connectivity index (χ0) is 12.5. The van der Waals surface area contributed by atoms with Crippen molar-refractivity contribution >= 4 is 16.6 Å². The van der Waals surface area contributed by atoms with Gasteiger partial charge in [-0.3, -0.25) is 15.1 Å². The van der Waals surface area contributed by atoms with Crippen LogP contribution in [0.15, 0.2) is 48.8 Å². The van der Waals surface area contributed by atoms with E-state index in [1.165, 1.54) is 6.20 Å². The fraction of sp³-hybridized carbons (Fsp3) is 0.0714. The Bertz CT molecular complexity index is 703. The summed E-state index contributed by atoms with van der Waals surface area (Å²) in [6.07, 6.45) is 2.76.